The molecular formula is C22H27N3O4. The molecule has 0 radical (unpaired) electrons. The molecule has 1 aliphatic heterocycles. The summed E-state index contributed by atoms with van der Waals surface area (Å²) < 4.78 is 10.6. The van der Waals surface area contributed by atoms with Crippen LogP contribution in [0.15, 0.2) is 48.5 Å². The van der Waals surface area contributed by atoms with Gasteiger partial charge in [-0.2, -0.15) is 0 Å². The van der Waals surface area contributed by atoms with Crippen molar-refractivity contribution in [1.82, 2.24) is 10.2 Å². The van der Waals surface area contributed by atoms with Crippen molar-refractivity contribution < 1.29 is 19.1 Å². The normalized spacial score (nSPS) is 14.2. The minimum Gasteiger partial charge on any atom is -0.497 e. The van der Waals surface area contributed by atoms with Gasteiger partial charge >= 0.3 is 0 Å². The summed E-state index contributed by atoms with van der Waals surface area (Å²) in [6, 6.07) is 15.2. The molecule has 0 fully saturated rings. The summed E-state index contributed by atoms with van der Waals surface area (Å²) in [4.78, 5) is 28.3. The van der Waals surface area contributed by atoms with Gasteiger partial charge in [0.25, 0.3) is 5.91 Å². The molecule has 7 heteroatoms. The number of likely N-dealkylation sites (N-methyl/N-ethyl adjacent to an activating group) is 1. The van der Waals surface area contributed by atoms with Crippen LogP contribution in [0.5, 0.6) is 11.5 Å². The lowest BCUT2D eigenvalue weighted by Crippen LogP contribution is -2.41. The SMILES string of the molecule is COc1ccc(C(CNC(=O)CCN2C(=O)COc3ccccc32)N(C)C)cc1. The zero-order valence-electron chi connectivity index (χ0n) is 17.1. The van der Waals surface area contributed by atoms with Gasteiger partial charge in [0.05, 0.1) is 18.8 Å². The fraction of sp³-hybridized carbons (Fsp3) is 0.364. The van der Waals surface area contributed by atoms with E-state index >= 15 is 0 Å². The topological polar surface area (TPSA) is 71.1 Å². The number of amides is 2. The summed E-state index contributed by atoms with van der Waals surface area (Å²) in [5, 5.41) is 2.99. The van der Waals surface area contributed by atoms with Crippen LogP contribution in [0.2, 0.25) is 0 Å². The lowest BCUT2D eigenvalue weighted by Gasteiger charge is -2.29. The number of benzene rings is 2. The van der Waals surface area contributed by atoms with Crippen molar-refractivity contribution in [2.45, 2.75) is 12.5 Å². The predicted molar refractivity (Wildman–Crippen MR) is 111 cm³/mol. The van der Waals surface area contributed by atoms with Crippen molar-refractivity contribution in [2.24, 2.45) is 0 Å². The Hall–Kier alpha value is -3.06. The van der Waals surface area contributed by atoms with Crippen molar-refractivity contribution in [3.05, 3.63) is 54.1 Å². The van der Waals surface area contributed by atoms with E-state index in [1.165, 1.54) is 0 Å². The van der Waals surface area contributed by atoms with E-state index < -0.39 is 0 Å². The van der Waals surface area contributed by atoms with E-state index in [1.807, 2.05) is 62.6 Å². The number of rotatable bonds is 8. The first-order valence-electron chi connectivity index (χ1n) is 9.59. The smallest absolute Gasteiger partial charge is 0.265 e. The standard InChI is InChI=1S/C22H27N3O4/c1-24(2)19(16-8-10-17(28-3)11-9-16)14-23-21(26)12-13-25-18-6-4-5-7-20(18)29-15-22(25)27/h4-11,19H,12-15H2,1-3H3,(H,23,26). The molecular weight excluding hydrogens is 370 g/mol. The molecule has 0 bridgehead atoms. The Labute approximate surface area is 171 Å². The molecule has 1 heterocycles. The molecule has 2 aromatic carbocycles. The number of para-hydroxylation sites is 2. The molecule has 0 aliphatic carbocycles. The third-order valence-corrected chi connectivity index (χ3v) is 4.99. The Morgan fingerprint density at radius 3 is 2.62 bits per heavy atom. The van der Waals surface area contributed by atoms with Gasteiger partial charge in [0.1, 0.15) is 11.5 Å². The first-order valence-corrected chi connectivity index (χ1v) is 9.59. The van der Waals surface area contributed by atoms with Crippen LogP contribution >= 0.6 is 0 Å². The van der Waals surface area contributed by atoms with E-state index in [4.69, 9.17) is 9.47 Å². The molecule has 0 spiro atoms. The molecule has 7 nitrogen and oxygen atoms in total. The van der Waals surface area contributed by atoms with Crippen molar-refractivity contribution in [3.63, 3.8) is 0 Å². The van der Waals surface area contributed by atoms with E-state index in [9.17, 15) is 9.59 Å². The van der Waals surface area contributed by atoms with Crippen molar-refractivity contribution >= 4 is 17.5 Å². The second-order valence-electron chi connectivity index (χ2n) is 7.11. The van der Waals surface area contributed by atoms with Crippen LogP contribution in [0.4, 0.5) is 5.69 Å². The molecule has 3 rings (SSSR count). The Bertz CT molecular complexity index is 851. The zero-order valence-corrected chi connectivity index (χ0v) is 17.1. The molecule has 0 saturated heterocycles. The highest BCUT2D eigenvalue weighted by Gasteiger charge is 2.25. The number of nitrogens with zero attached hydrogens (tertiary/aromatic N) is 2. The van der Waals surface area contributed by atoms with Gasteiger partial charge in [-0.15, -0.1) is 0 Å². The number of methoxy groups -OCH3 is 1. The Morgan fingerprint density at radius 2 is 1.93 bits per heavy atom. The van der Waals surface area contributed by atoms with Gasteiger partial charge in [0.2, 0.25) is 5.91 Å². The average molecular weight is 397 g/mol. The Kier molecular flexibility index (Phi) is 6.72. The molecule has 2 amide bonds. The van der Waals surface area contributed by atoms with Gasteiger partial charge in [-0.25, -0.2) is 0 Å². The Balaban J connectivity index is 1.56. The predicted octanol–water partition coefficient (Wildman–Crippen LogP) is 2.23. The van der Waals surface area contributed by atoms with Gasteiger partial charge in [-0.05, 0) is 43.9 Å². The fourth-order valence-corrected chi connectivity index (χ4v) is 3.34. The number of ether oxygens (including phenoxy) is 2. The minimum absolute atomic E-state index is 0.00119. The number of hydrogen-bond donors (Lipinski definition) is 1. The van der Waals surface area contributed by atoms with Crippen LogP contribution in [0.1, 0.15) is 18.0 Å². The van der Waals surface area contributed by atoms with Gasteiger partial charge in [-0.3, -0.25) is 9.59 Å². The highest BCUT2D eigenvalue weighted by molar-refractivity contribution is 5.98. The van der Waals surface area contributed by atoms with Crippen LogP contribution in [0, 0.1) is 0 Å². The number of nitrogens with one attached hydrogen (secondary N) is 1. The van der Waals surface area contributed by atoms with Crippen LogP contribution in [-0.4, -0.2) is 57.6 Å². The molecule has 154 valence electrons. The number of anilines is 1. The summed E-state index contributed by atoms with van der Waals surface area (Å²) in [6.45, 7) is 0.796. The van der Waals surface area contributed by atoms with Crippen LogP contribution in [0.3, 0.4) is 0 Å². The van der Waals surface area contributed by atoms with Gasteiger partial charge in [0.15, 0.2) is 6.61 Å². The average Bonchev–Trinajstić information content (AvgIpc) is 2.73. The summed E-state index contributed by atoms with van der Waals surface area (Å²) in [5.41, 5.74) is 1.80. The maximum absolute atomic E-state index is 12.4. The molecule has 1 unspecified atom stereocenters. The quantitative estimate of drug-likeness (QED) is 0.740. The zero-order chi connectivity index (χ0) is 20.8. The molecule has 1 atom stereocenters. The molecule has 2 aromatic rings. The number of hydrogen-bond acceptors (Lipinski definition) is 5. The first kappa shape index (κ1) is 20.7. The molecule has 1 aliphatic rings. The third-order valence-electron chi connectivity index (χ3n) is 4.99. The monoisotopic (exact) mass is 397 g/mol. The van der Waals surface area contributed by atoms with E-state index in [1.54, 1.807) is 12.0 Å². The fourth-order valence-electron chi connectivity index (χ4n) is 3.34. The first-order chi connectivity index (χ1) is 14.0. The van der Waals surface area contributed by atoms with Gasteiger partial charge in [-0.1, -0.05) is 24.3 Å². The summed E-state index contributed by atoms with van der Waals surface area (Å²) >= 11 is 0. The van der Waals surface area contributed by atoms with Crippen molar-refractivity contribution in [1.29, 1.82) is 0 Å². The van der Waals surface area contributed by atoms with E-state index in [0.717, 1.165) is 11.3 Å². The highest BCUT2D eigenvalue weighted by Crippen LogP contribution is 2.31. The third kappa shape index (κ3) is 5.06. The van der Waals surface area contributed by atoms with E-state index in [-0.39, 0.29) is 30.9 Å². The highest BCUT2D eigenvalue weighted by atomic mass is 16.5. The maximum Gasteiger partial charge on any atom is 0.265 e. The lowest BCUT2D eigenvalue weighted by molar-refractivity contribution is -0.122. The van der Waals surface area contributed by atoms with E-state index in [0.29, 0.717) is 24.5 Å². The van der Waals surface area contributed by atoms with Crippen LogP contribution in [0.25, 0.3) is 0 Å². The molecule has 0 aromatic heterocycles. The number of carbonyl (C=O) groups is 2. The second kappa shape index (κ2) is 9.43. The summed E-state index contributed by atoms with van der Waals surface area (Å²) in [7, 11) is 5.59. The number of fused-ring (bicyclic) bond motifs is 1. The van der Waals surface area contributed by atoms with Crippen molar-refractivity contribution in [3.8, 4) is 11.5 Å². The molecule has 0 saturated carbocycles. The summed E-state index contributed by atoms with van der Waals surface area (Å²) in [6.07, 6.45) is 0.225. The van der Waals surface area contributed by atoms with E-state index in [2.05, 4.69) is 10.2 Å². The Morgan fingerprint density at radius 1 is 1.21 bits per heavy atom. The second-order valence-corrected chi connectivity index (χ2v) is 7.11. The van der Waals surface area contributed by atoms with Crippen LogP contribution < -0.4 is 19.7 Å². The molecule has 1 N–H and O–H groups in total. The summed E-state index contributed by atoms with van der Waals surface area (Å²) in [5.74, 6) is 1.23. The van der Waals surface area contributed by atoms with Crippen LogP contribution in [-0.2, 0) is 9.59 Å². The molecule has 29 heavy (non-hydrogen) atoms. The largest absolute Gasteiger partial charge is 0.497 e. The minimum atomic E-state index is -0.138. The van der Waals surface area contributed by atoms with Crippen molar-refractivity contribution in [2.75, 3.05) is 45.8 Å². The van der Waals surface area contributed by atoms with Gasteiger partial charge < -0.3 is 24.6 Å². The lowest BCUT2D eigenvalue weighted by atomic mass is 10.1. The number of carbonyl (C=O) groups excluding carboxylic acids is 2. The van der Waals surface area contributed by atoms with Gasteiger partial charge in [0, 0.05) is 19.5 Å². The maximum atomic E-state index is 12.4.